The number of carbonyl (C=O) groups excluding carboxylic acids is 1. The number of imidazole rings is 1. The van der Waals surface area contributed by atoms with Gasteiger partial charge < -0.3 is 9.47 Å². The second kappa shape index (κ2) is 6.95. The van der Waals surface area contributed by atoms with Crippen molar-refractivity contribution in [3.63, 3.8) is 0 Å². The highest BCUT2D eigenvalue weighted by molar-refractivity contribution is 5.82. The average Bonchev–Trinajstić information content (AvgIpc) is 2.79. The lowest BCUT2D eigenvalue weighted by Gasteiger charge is -2.16. The van der Waals surface area contributed by atoms with E-state index >= 15 is 0 Å². The van der Waals surface area contributed by atoms with Gasteiger partial charge in [0.05, 0.1) is 17.5 Å². The molecule has 0 aliphatic heterocycles. The van der Waals surface area contributed by atoms with Crippen molar-refractivity contribution >= 4 is 16.9 Å². The first-order valence-corrected chi connectivity index (χ1v) is 8.15. The molecule has 1 aromatic heterocycles. The van der Waals surface area contributed by atoms with Crippen LogP contribution in [0.15, 0.2) is 18.2 Å². The number of fused-ring (bicyclic) bond motifs is 1. The summed E-state index contributed by atoms with van der Waals surface area (Å²) in [6.07, 6.45) is 2.61. The zero-order valence-corrected chi connectivity index (χ0v) is 14.4. The third-order valence-electron chi connectivity index (χ3n) is 4.07. The molecule has 0 fully saturated rings. The number of rotatable bonds is 6. The Hall–Kier alpha value is -1.84. The van der Waals surface area contributed by atoms with Crippen LogP contribution in [0.5, 0.6) is 0 Å². The van der Waals surface area contributed by atoms with E-state index in [1.54, 1.807) is 0 Å². The summed E-state index contributed by atoms with van der Waals surface area (Å²) in [7, 11) is 1.88. The van der Waals surface area contributed by atoms with Gasteiger partial charge in [0.25, 0.3) is 0 Å². The fraction of sp³-hybridized carbons (Fsp3) is 0.556. The summed E-state index contributed by atoms with van der Waals surface area (Å²) in [5, 5.41) is 0. The molecule has 2 aromatic rings. The fourth-order valence-electron chi connectivity index (χ4n) is 2.86. The molecule has 2 rings (SSSR count). The van der Waals surface area contributed by atoms with Gasteiger partial charge in [-0.1, -0.05) is 19.4 Å². The minimum Gasteiger partial charge on any atom is -0.345 e. The Labute approximate surface area is 133 Å². The summed E-state index contributed by atoms with van der Waals surface area (Å²) in [4.78, 5) is 18.7. The topological polar surface area (TPSA) is 38.1 Å². The third kappa shape index (κ3) is 3.49. The molecule has 4 heteroatoms. The standard InChI is InChI=1S/C18H27N3O/c1-6-7-10-20(5)18(22)12-15-8-9-17-16(11-15)19-14(4)21(17)13(2)3/h8-9,11,13H,6-7,10,12H2,1-5H3. The quantitative estimate of drug-likeness (QED) is 0.815. The summed E-state index contributed by atoms with van der Waals surface area (Å²) in [6.45, 7) is 9.32. The Morgan fingerprint density at radius 3 is 2.73 bits per heavy atom. The molecule has 0 saturated heterocycles. The molecule has 1 amide bonds. The minimum atomic E-state index is 0.174. The maximum Gasteiger partial charge on any atom is 0.226 e. The molecule has 0 unspecified atom stereocenters. The number of nitrogens with zero attached hydrogens (tertiary/aromatic N) is 3. The molecule has 120 valence electrons. The van der Waals surface area contributed by atoms with Crippen LogP contribution in [0.3, 0.4) is 0 Å². The monoisotopic (exact) mass is 301 g/mol. The Morgan fingerprint density at radius 2 is 2.09 bits per heavy atom. The van der Waals surface area contributed by atoms with Crippen molar-refractivity contribution in [1.29, 1.82) is 0 Å². The van der Waals surface area contributed by atoms with Crippen LogP contribution in [0.2, 0.25) is 0 Å². The van der Waals surface area contributed by atoms with Crippen LogP contribution in [0, 0.1) is 6.92 Å². The highest BCUT2D eigenvalue weighted by Gasteiger charge is 2.13. The second-order valence-corrected chi connectivity index (χ2v) is 6.29. The number of hydrogen-bond acceptors (Lipinski definition) is 2. The summed E-state index contributed by atoms with van der Waals surface area (Å²) in [5.41, 5.74) is 3.16. The van der Waals surface area contributed by atoms with E-state index in [1.165, 1.54) is 0 Å². The smallest absolute Gasteiger partial charge is 0.226 e. The van der Waals surface area contributed by atoms with Gasteiger partial charge in [0, 0.05) is 19.6 Å². The number of aryl methyl sites for hydroxylation is 1. The molecule has 0 bridgehead atoms. The number of unbranched alkanes of at least 4 members (excludes halogenated alkanes) is 1. The predicted molar refractivity (Wildman–Crippen MR) is 91.1 cm³/mol. The van der Waals surface area contributed by atoms with Crippen LogP contribution in [-0.4, -0.2) is 34.0 Å². The molecule has 0 aliphatic rings. The largest absolute Gasteiger partial charge is 0.345 e. The van der Waals surface area contributed by atoms with Crippen LogP contribution < -0.4 is 0 Å². The number of aromatic nitrogens is 2. The van der Waals surface area contributed by atoms with Gasteiger partial charge in [-0.05, 0) is 44.9 Å². The summed E-state index contributed by atoms with van der Waals surface area (Å²) >= 11 is 0. The van der Waals surface area contributed by atoms with Crippen molar-refractivity contribution in [2.24, 2.45) is 0 Å². The van der Waals surface area contributed by atoms with Gasteiger partial charge in [-0.2, -0.15) is 0 Å². The Bertz CT molecular complexity index is 658. The molecule has 0 atom stereocenters. The van der Waals surface area contributed by atoms with E-state index in [0.717, 1.165) is 41.8 Å². The highest BCUT2D eigenvalue weighted by atomic mass is 16.2. The lowest BCUT2D eigenvalue weighted by Crippen LogP contribution is -2.29. The SMILES string of the molecule is CCCCN(C)C(=O)Cc1ccc2c(c1)nc(C)n2C(C)C. The van der Waals surface area contributed by atoms with Crippen LogP contribution in [-0.2, 0) is 11.2 Å². The van der Waals surface area contributed by atoms with Gasteiger partial charge >= 0.3 is 0 Å². The number of benzene rings is 1. The number of hydrogen-bond donors (Lipinski definition) is 0. The summed E-state index contributed by atoms with van der Waals surface area (Å²) in [5.74, 6) is 1.20. The summed E-state index contributed by atoms with van der Waals surface area (Å²) in [6, 6.07) is 6.57. The zero-order valence-electron chi connectivity index (χ0n) is 14.4. The van der Waals surface area contributed by atoms with E-state index in [2.05, 4.69) is 36.4 Å². The van der Waals surface area contributed by atoms with Crippen LogP contribution >= 0.6 is 0 Å². The Kier molecular flexibility index (Phi) is 5.22. The second-order valence-electron chi connectivity index (χ2n) is 6.29. The van der Waals surface area contributed by atoms with Gasteiger partial charge in [-0.3, -0.25) is 4.79 Å². The lowest BCUT2D eigenvalue weighted by molar-refractivity contribution is -0.129. The number of likely N-dealkylation sites (N-methyl/N-ethyl adjacent to an activating group) is 1. The third-order valence-corrected chi connectivity index (χ3v) is 4.07. The maximum atomic E-state index is 12.2. The molecule has 0 radical (unpaired) electrons. The van der Waals surface area contributed by atoms with E-state index in [-0.39, 0.29) is 5.91 Å². The first-order valence-electron chi connectivity index (χ1n) is 8.15. The minimum absolute atomic E-state index is 0.174. The molecular formula is C18H27N3O. The molecular weight excluding hydrogens is 274 g/mol. The van der Waals surface area contributed by atoms with Crippen molar-refractivity contribution in [3.8, 4) is 0 Å². The van der Waals surface area contributed by atoms with Crippen molar-refractivity contribution in [2.45, 2.75) is 53.0 Å². The van der Waals surface area contributed by atoms with Crippen LogP contribution in [0.4, 0.5) is 0 Å². The Morgan fingerprint density at radius 1 is 1.36 bits per heavy atom. The number of amides is 1. The zero-order chi connectivity index (χ0) is 16.3. The lowest BCUT2D eigenvalue weighted by atomic mass is 10.1. The molecule has 22 heavy (non-hydrogen) atoms. The van der Waals surface area contributed by atoms with Crippen LogP contribution in [0.1, 0.15) is 51.0 Å². The first kappa shape index (κ1) is 16.5. The molecule has 1 heterocycles. The normalized spacial score (nSPS) is 11.4. The van der Waals surface area contributed by atoms with Crippen molar-refractivity contribution < 1.29 is 4.79 Å². The van der Waals surface area contributed by atoms with Crippen molar-refractivity contribution in [3.05, 3.63) is 29.6 Å². The van der Waals surface area contributed by atoms with E-state index < -0.39 is 0 Å². The van der Waals surface area contributed by atoms with Crippen molar-refractivity contribution in [1.82, 2.24) is 14.5 Å². The van der Waals surface area contributed by atoms with Crippen LogP contribution in [0.25, 0.3) is 11.0 Å². The van der Waals surface area contributed by atoms with Crippen molar-refractivity contribution in [2.75, 3.05) is 13.6 Å². The van der Waals surface area contributed by atoms with Gasteiger partial charge in [0.2, 0.25) is 5.91 Å². The molecule has 0 aliphatic carbocycles. The molecule has 0 saturated carbocycles. The fourth-order valence-corrected chi connectivity index (χ4v) is 2.86. The van der Waals surface area contributed by atoms with Gasteiger partial charge in [-0.25, -0.2) is 4.98 Å². The van der Waals surface area contributed by atoms with Gasteiger partial charge in [0.15, 0.2) is 0 Å². The van der Waals surface area contributed by atoms with E-state index in [9.17, 15) is 4.79 Å². The molecule has 0 spiro atoms. The average molecular weight is 301 g/mol. The maximum absolute atomic E-state index is 12.2. The predicted octanol–water partition coefficient (Wildman–Crippen LogP) is 3.73. The first-order chi connectivity index (χ1) is 10.4. The molecule has 1 aromatic carbocycles. The van der Waals surface area contributed by atoms with Gasteiger partial charge in [-0.15, -0.1) is 0 Å². The van der Waals surface area contributed by atoms with E-state index in [1.807, 2.05) is 31.0 Å². The Balaban J connectivity index is 2.18. The van der Waals surface area contributed by atoms with E-state index in [4.69, 9.17) is 0 Å². The van der Waals surface area contributed by atoms with Gasteiger partial charge in [0.1, 0.15) is 5.82 Å². The summed E-state index contributed by atoms with van der Waals surface area (Å²) < 4.78 is 2.23. The molecule has 4 nitrogen and oxygen atoms in total. The molecule has 0 N–H and O–H groups in total. The van der Waals surface area contributed by atoms with E-state index in [0.29, 0.717) is 12.5 Å². The number of carbonyl (C=O) groups is 1. The highest BCUT2D eigenvalue weighted by Crippen LogP contribution is 2.22.